The van der Waals surface area contributed by atoms with Gasteiger partial charge in [0, 0.05) is 11.6 Å². The first kappa shape index (κ1) is 13.8. The van der Waals surface area contributed by atoms with Crippen LogP contribution in [0, 0.1) is 0 Å². The first-order chi connectivity index (χ1) is 10.2. The predicted octanol–water partition coefficient (Wildman–Crippen LogP) is 2.83. The van der Waals surface area contributed by atoms with E-state index in [4.69, 9.17) is 16.3 Å². The number of carbonyl (C=O) groups excluding carboxylic acids is 1. The molecule has 0 bridgehead atoms. The van der Waals surface area contributed by atoms with Crippen LogP contribution in [0.15, 0.2) is 48.5 Å². The van der Waals surface area contributed by atoms with Crippen molar-refractivity contribution in [1.82, 2.24) is 5.32 Å². The highest BCUT2D eigenvalue weighted by molar-refractivity contribution is 6.31. The van der Waals surface area contributed by atoms with Crippen LogP contribution in [0.2, 0.25) is 5.02 Å². The Balaban J connectivity index is 1.61. The molecule has 2 aromatic carbocycles. The van der Waals surface area contributed by atoms with Gasteiger partial charge in [-0.05, 0) is 23.8 Å². The van der Waals surface area contributed by atoms with Gasteiger partial charge in [0.1, 0.15) is 5.75 Å². The highest BCUT2D eigenvalue weighted by Gasteiger charge is 2.25. The largest absolute Gasteiger partial charge is 0.477 e. The summed E-state index contributed by atoms with van der Waals surface area (Å²) in [4.78, 5) is 12.2. The van der Waals surface area contributed by atoms with E-state index in [1.54, 1.807) is 6.07 Å². The van der Waals surface area contributed by atoms with Crippen molar-refractivity contribution in [3.05, 3.63) is 59.1 Å². The Morgan fingerprint density at radius 2 is 2.00 bits per heavy atom. The van der Waals surface area contributed by atoms with Gasteiger partial charge in [0.25, 0.3) is 5.91 Å². The van der Waals surface area contributed by atoms with Gasteiger partial charge in [-0.15, -0.1) is 0 Å². The molecule has 3 rings (SSSR count). The van der Waals surface area contributed by atoms with Crippen molar-refractivity contribution in [2.24, 2.45) is 0 Å². The molecule has 1 heterocycles. The topological polar surface area (TPSA) is 50.4 Å². The molecule has 0 aromatic heterocycles. The molecule has 0 aliphatic carbocycles. The van der Waals surface area contributed by atoms with Crippen molar-refractivity contribution in [3.63, 3.8) is 0 Å². The van der Waals surface area contributed by atoms with Gasteiger partial charge in [-0.1, -0.05) is 41.9 Å². The van der Waals surface area contributed by atoms with Crippen LogP contribution in [0.3, 0.4) is 0 Å². The fourth-order valence-electron chi connectivity index (χ4n) is 2.20. The maximum atomic E-state index is 12.2. The van der Waals surface area contributed by atoms with Crippen LogP contribution in [-0.2, 0) is 11.3 Å². The standard InChI is InChI=1S/C16H15ClN2O2/c17-12-6-2-1-5-11(12)9-19-16(20)15-10-18-13-7-3-4-8-14(13)21-15/h1-8,15,18H,9-10H2,(H,19,20). The zero-order chi connectivity index (χ0) is 14.7. The van der Waals surface area contributed by atoms with E-state index < -0.39 is 6.10 Å². The summed E-state index contributed by atoms with van der Waals surface area (Å²) in [6.45, 7) is 0.839. The Bertz CT molecular complexity index is 660. The van der Waals surface area contributed by atoms with Crippen molar-refractivity contribution >= 4 is 23.2 Å². The lowest BCUT2D eigenvalue weighted by Gasteiger charge is -2.26. The molecule has 21 heavy (non-hydrogen) atoms. The number of hydrogen-bond acceptors (Lipinski definition) is 3. The van der Waals surface area contributed by atoms with Gasteiger partial charge in [-0.3, -0.25) is 4.79 Å². The summed E-state index contributed by atoms with van der Waals surface area (Å²) in [6.07, 6.45) is -0.539. The number of nitrogens with one attached hydrogen (secondary N) is 2. The third-order valence-corrected chi connectivity index (χ3v) is 3.71. The molecule has 1 aliphatic heterocycles. The summed E-state index contributed by atoms with van der Waals surface area (Å²) < 4.78 is 5.70. The smallest absolute Gasteiger partial charge is 0.263 e. The van der Waals surface area contributed by atoms with E-state index in [1.165, 1.54) is 0 Å². The molecule has 1 amide bonds. The molecule has 2 aromatic rings. The van der Waals surface area contributed by atoms with Gasteiger partial charge < -0.3 is 15.4 Å². The third kappa shape index (κ3) is 3.11. The van der Waals surface area contributed by atoms with E-state index in [-0.39, 0.29) is 5.91 Å². The summed E-state index contributed by atoms with van der Waals surface area (Å²) in [5.74, 6) is 0.540. The second kappa shape index (κ2) is 6.06. The molecular weight excluding hydrogens is 288 g/mol. The van der Waals surface area contributed by atoms with E-state index in [0.29, 0.717) is 23.9 Å². The average Bonchev–Trinajstić information content (AvgIpc) is 2.53. The Hall–Kier alpha value is -2.20. The van der Waals surface area contributed by atoms with E-state index in [1.807, 2.05) is 42.5 Å². The molecule has 1 aliphatic rings. The van der Waals surface area contributed by atoms with E-state index in [0.717, 1.165) is 11.3 Å². The summed E-state index contributed by atoms with van der Waals surface area (Å²) in [5.41, 5.74) is 1.80. The molecule has 0 fully saturated rings. The van der Waals surface area contributed by atoms with Crippen molar-refractivity contribution in [3.8, 4) is 5.75 Å². The van der Waals surface area contributed by atoms with Crippen molar-refractivity contribution in [1.29, 1.82) is 0 Å². The number of fused-ring (bicyclic) bond motifs is 1. The highest BCUT2D eigenvalue weighted by Crippen LogP contribution is 2.28. The molecule has 1 atom stereocenters. The fourth-order valence-corrected chi connectivity index (χ4v) is 2.40. The average molecular weight is 303 g/mol. The monoisotopic (exact) mass is 302 g/mol. The number of anilines is 1. The van der Waals surface area contributed by atoms with Crippen LogP contribution in [0.1, 0.15) is 5.56 Å². The van der Waals surface area contributed by atoms with Crippen LogP contribution < -0.4 is 15.4 Å². The quantitative estimate of drug-likeness (QED) is 0.916. The molecule has 2 N–H and O–H groups in total. The van der Waals surface area contributed by atoms with Gasteiger partial charge >= 0.3 is 0 Å². The molecule has 0 radical (unpaired) electrons. The zero-order valence-electron chi connectivity index (χ0n) is 11.3. The number of rotatable bonds is 3. The van der Waals surface area contributed by atoms with Gasteiger partial charge in [-0.25, -0.2) is 0 Å². The van der Waals surface area contributed by atoms with Gasteiger partial charge in [0.05, 0.1) is 12.2 Å². The summed E-state index contributed by atoms with van der Waals surface area (Å²) in [5, 5.41) is 6.69. The number of hydrogen-bond donors (Lipinski definition) is 2. The van der Waals surface area contributed by atoms with E-state index >= 15 is 0 Å². The second-order valence-corrected chi connectivity index (χ2v) is 5.20. The Labute approximate surface area is 128 Å². The second-order valence-electron chi connectivity index (χ2n) is 4.79. The lowest BCUT2D eigenvalue weighted by Crippen LogP contribution is -2.44. The minimum atomic E-state index is -0.539. The normalized spacial score (nSPS) is 16.3. The first-order valence-electron chi connectivity index (χ1n) is 6.75. The van der Waals surface area contributed by atoms with E-state index in [9.17, 15) is 4.79 Å². The molecule has 1 unspecified atom stereocenters. The molecule has 4 nitrogen and oxygen atoms in total. The number of carbonyl (C=O) groups is 1. The van der Waals surface area contributed by atoms with Crippen LogP contribution in [0.5, 0.6) is 5.75 Å². The van der Waals surface area contributed by atoms with Gasteiger partial charge in [-0.2, -0.15) is 0 Å². The molecule has 0 spiro atoms. The maximum Gasteiger partial charge on any atom is 0.263 e. The van der Waals surface area contributed by atoms with Crippen LogP contribution >= 0.6 is 11.6 Å². The van der Waals surface area contributed by atoms with Crippen molar-refractivity contribution < 1.29 is 9.53 Å². The SMILES string of the molecule is O=C(NCc1ccccc1Cl)C1CNc2ccccc2O1. The zero-order valence-corrected chi connectivity index (χ0v) is 12.1. The summed E-state index contributed by atoms with van der Waals surface area (Å²) in [6, 6.07) is 15.0. The first-order valence-corrected chi connectivity index (χ1v) is 7.12. The lowest BCUT2D eigenvalue weighted by atomic mass is 10.2. The molecule has 0 saturated carbocycles. The predicted molar refractivity (Wildman–Crippen MR) is 82.6 cm³/mol. The number of ether oxygens (including phenoxy) is 1. The molecule has 108 valence electrons. The summed E-state index contributed by atoms with van der Waals surface area (Å²) in [7, 11) is 0. The van der Waals surface area contributed by atoms with Crippen LogP contribution in [0.4, 0.5) is 5.69 Å². The fraction of sp³-hybridized carbons (Fsp3) is 0.188. The highest BCUT2D eigenvalue weighted by atomic mass is 35.5. The maximum absolute atomic E-state index is 12.2. The number of amides is 1. The van der Waals surface area contributed by atoms with E-state index in [2.05, 4.69) is 10.6 Å². The molecule has 5 heteroatoms. The summed E-state index contributed by atoms with van der Waals surface area (Å²) >= 11 is 6.07. The number of para-hydroxylation sites is 2. The van der Waals surface area contributed by atoms with Crippen LogP contribution in [0.25, 0.3) is 0 Å². The number of halogens is 1. The minimum Gasteiger partial charge on any atom is -0.477 e. The number of benzene rings is 2. The Morgan fingerprint density at radius 1 is 1.24 bits per heavy atom. The minimum absolute atomic E-state index is 0.156. The van der Waals surface area contributed by atoms with Gasteiger partial charge in [0.15, 0.2) is 6.10 Å². The third-order valence-electron chi connectivity index (χ3n) is 3.34. The molecular formula is C16H15ClN2O2. The Morgan fingerprint density at radius 3 is 2.86 bits per heavy atom. The van der Waals surface area contributed by atoms with Crippen LogP contribution in [-0.4, -0.2) is 18.6 Å². The van der Waals surface area contributed by atoms with Gasteiger partial charge in [0.2, 0.25) is 0 Å². The lowest BCUT2D eigenvalue weighted by molar-refractivity contribution is -0.127. The molecule has 0 saturated heterocycles. The van der Waals surface area contributed by atoms with Crippen molar-refractivity contribution in [2.75, 3.05) is 11.9 Å². The Kier molecular flexibility index (Phi) is 3.97. The van der Waals surface area contributed by atoms with Crippen molar-refractivity contribution in [2.45, 2.75) is 12.6 Å².